The summed E-state index contributed by atoms with van der Waals surface area (Å²) in [5.41, 5.74) is 13.6. The quantitative estimate of drug-likeness (QED) is 0.0531. The molecule has 0 radical (unpaired) electrons. The molecule has 0 fully saturated rings. The molecule has 1 atom stereocenters. The van der Waals surface area contributed by atoms with E-state index in [-0.39, 0.29) is 48.5 Å². The van der Waals surface area contributed by atoms with Crippen LogP contribution in [0.25, 0.3) is 11.3 Å². The molecule has 47 heavy (non-hydrogen) atoms. The molecule has 14 heteroatoms. The summed E-state index contributed by atoms with van der Waals surface area (Å²) in [4.78, 5) is 44.0. The molecule has 14 nitrogen and oxygen atoms in total. The molecule has 2 aromatic rings. The van der Waals surface area contributed by atoms with Crippen LogP contribution in [0.15, 0.2) is 53.0 Å². The third kappa shape index (κ3) is 12.3. The van der Waals surface area contributed by atoms with Gasteiger partial charge in [-0.25, -0.2) is 4.98 Å². The highest BCUT2D eigenvalue weighted by Crippen LogP contribution is 2.23. The Morgan fingerprint density at radius 3 is 2.47 bits per heavy atom. The molecule has 1 aromatic heterocycles. The van der Waals surface area contributed by atoms with E-state index in [2.05, 4.69) is 20.9 Å². The molecule has 0 aliphatic heterocycles. The number of nitrogens with one attached hydrogen (secondary N) is 4. The normalized spacial score (nSPS) is 14.1. The van der Waals surface area contributed by atoms with Crippen LogP contribution in [0.1, 0.15) is 44.0 Å². The van der Waals surface area contributed by atoms with Crippen LogP contribution in [0.4, 0.5) is 11.5 Å². The Hall–Kier alpha value is -4.53. The van der Waals surface area contributed by atoms with Crippen molar-refractivity contribution in [2.75, 3.05) is 63.8 Å². The van der Waals surface area contributed by atoms with Gasteiger partial charge in [-0.15, -0.1) is 0 Å². The van der Waals surface area contributed by atoms with Crippen LogP contribution >= 0.6 is 0 Å². The molecule has 0 bridgehead atoms. The van der Waals surface area contributed by atoms with Gasteiger partial charge in [0.1, 0.15) is 6.54 Å². The number of carbonyl (C=O) groups is 2. The van der Waals surface area contributed by atoms with E-state index in [0.29, 0.717) is 81.5 Å². The Kier molecular flexibility index (Phi) is 15.1. The number of benzene rings is 1. The number of rotatable bonds is 20. The van der Waals surface area contributed by atoms with Crippen molar-refractivity contribution in [2.24, 2.45) is 11.7 Å². The van der Waals surface area contributed by atoms with E-state index < -0.39 is 5.56 Å². The number of nitrogen functional groups attached to an aromatic ring is 1. The van der Waals surface area contributed by atoms with Crippen molar-refractivity contribution in [2.45, 2.75) is 46.2 Å². The number of carbonyl (C=O) groups excluding carboxylic acids is 2. The van der Waals surface area contributed by atoms with E-state index in [0.717, 1.165) is 5.57 Å². The van der Waals surface area contributed by atoms with Crippen molar-refractivity contribution >= 4 is 29.2 Å². The maximum Gasteiger partial charge on any atom is 0.294 e. The molecule has 3 rings (SSSR count). The minimum Gasteiger partial charge on any atom is -0.399 e. The first-order valence-corrected chi connectivity index (χ1v) is 15.9. The summed E-state index contributed by atoms with van der Waals surface area (Å²) in [5.74, 6) is -0.679. The fourth-order valence-electron chi connectivity index (χ4n) is 4.67. The summed E-state index contributed by atoms with van der Waals surface area (Å²) in [6, 6.07) is 4.73. The van der Waals surface area contributed by atoms with E-state index in [1.54, 1.807) is 18.2 Å². The Morgan fingerprint density at radius 2 is 1.81 bits per heavy atom. The summed E-state index contributed by atoms with van der Waals surface area (Å²) in [6.07, 6.45) is 8.27. The number of amidine groups is 1. The molecular formula is C33H48N8O6. The molecule has 0 spiro atoms. The Labute approximate surface area is 275 Å². The summed E-state index contributed by atoms with van der Waals surface area (Å²) in [6.45, 7) is 9.16. The zero-order valence-electron chi connectivity index (χ0n) is 27.5. The first-order valence-electron chi connectivity index (χ1n) is 15.9. The number of nitrogens with two attached hydrogens (primary N) is 2. The molecule has 0 saturated heterocycles. The second-order valence-corrected chi connectivity index (χ2v) is 11.3. The number of aromatic nitrogens is 2. The van der Waals surface area contributed by atoms with Crippen molar-refractivity contribution < 1.29 is 23.8 Å². The smallest absolute Gasteiger partial charge is 0.294 e. The van der Waals surface area contributed by atoms with Gasteiger partial charge in [0.15, 0.2) is 5.82 Å². The maximum atomic E-state index is 13.5. The molecule has 1 unspecified atom stereocenters. The number of hydrogen-bond donors (Lipinski definition) is 6. The second-order valence-electron chi connectivity index (χ2n) is 11.3. The first-order chi connectivity index (χ1) is 22.6. The van der Waals surface area contributed by atoms with Gasteiger partial charge < -0.3 is 41.6 Å². The van der Waals surface area contributed by atoms with Crippen molar-refractivity contribution in [1.82, 2.24) is 20.2 Å². The van der Waals surface area contributed by atoms with Crippen molar-refractivity contribution in [3.05, 3.63) is 64.1 Å². The number of anilines is 2. The molecule has 2 amide bonds. The van der Waals surface area contributed by atoms with Gasteiger partial charge in [-0.1, -0.05) is 18.2 Å². The Balaban J connectivity index is 1.66. The van der Waals surface area contributed by atoms with Crippen molar-refractivity contribution in [3.8, 4) is 11.3 Å². The summed E-state index contributed by atoms with van der Waals surface area (Å²) in [7, 11) is 0. The lowest BCUT2D eigenvalue weighted by Crippen LogP contribution is -2.36. The number of amides is 2. The van der Waals surface area contributed by atoms with E-state index in [1.807, 2.05) is 39.0 Å². The lowest BCUT2D eigenvalue weighted by atomic mass is 9.96. The zero-order valence-corrected chi connectivity index (χ0v) is 27.5. The third-order valence-electron chi connectivity index (χ3n) is 7.06. The van der Waals surface area contributed by atoms with Gasteiger partial charge in [-0.2, -0.15) is 0 Å². The van der Waals surface area contributed by atoms with Crippen LogP contribution in [-0.2, 0) is 25.5 Å². The minimum atomic E-state index is -0.486. The molecule has 1 aliphatic carbocycles. The lowest BCUT2D eigenvalue weighted by Gasteiger charge is -2.18. The van der Waals surface area contributed by atoms with Gasteiger partial charge in [0.2, 0.25) is 5.91 Å². The molecule has 8 N–H and O–H groups in total. The predicted molar refractivity (Wildman–Crippen MR) is 182 cm³/mol. The fraction of sp³-hybridized carbons (Fsp3) is 0.485. The fourth-order valence-corrected chi connectivity index (χ4v) is 4.67. The van der Waals surface area contributed by atoms with Crippen LogP contribution in [0.5, 0.6) is 0 Å². The van der Waals surface area contributed by atoms with Gasteiger partial charge in [0.25, 0.3) is 11.5 Å². The minimum absolute atomic E-state index is 0.0702. The Morgan fingerprint density at radius 1 is 1.09 bits per heavy atom. The standard InChI is InChI=1S/C33H48N8O6/c1-4-45-12-13-47-15-14-46-11-5-10-37-32(43)26-16-25(17-27(34)18-26)28-20-39-31(40-22(2)3)33(44)41(28)21-29(42)38-19-23-6-8-24(9-7-23)30(35)36/h6-8,16-18,20,22,24H,4-5,9-15,19,21,34H2,1-3H3,(H3,35,36)(H,37,43)(H,38,42)(H,39,40). The van der Waals surface area contributed by atoms with Crippen LogP contribution in [-0.4, -0.2) is 86.0 Å². The van der Waals surface area contributed by atoms with Gasteiger partial charge >= 0.3 is 0 Å². The van der Waals surface area contributed by atoms with Crippen LogP contribution in [0, 0.1) is 11.3 Å². The Bertz CT molecular complexity index is 1490. The van der Waals surface area contributed by atoms with Crippen LogP contribution in [0.2, 0.25) is 0 Å². The van der Waals surface area contributed by atoms with Gasteiger partial charge in [0.05, 0.1) is 44.2 Å². The molecule has 1 aromatic carbocycles. The number of allylic oxidation sites excluding steroid dienone is 1. The highest BCUT2D eigenvalue weighted by Gasteiger charge is 2.18. The van der Waals surface area contributed by atoms with Crippen molar-refractivity contribution in [1.29, 1.82) is 5.41 Å². The molecule has 1 aliphatic rings. The van der Waals surface area contributed by atoms with E-state index >= 15 is 0 Å². The van der Waals surface area contributed by atoms with E-state index in [4.69, 9.17) is 31.1 Å². The van der Waals surface area contributed by atoms with Gasteiger partial charge in [-0.3, -0.25) is 24.4 Å². The first kappa shape index (κ1) is 36.9. The number of ether oxygens (including phenoxy) is 3. The second kappa shape index (κ2) is 19.2. The van der Waals surface area contributed by atoms with Crippen LogP contribution in [0.3, 0.4) is 0 Å². The topological polar surface area (TPSA) is 209 Å². The average Bonchev–Trinajstić information content (AvgIpc) is 3.04. The monoisotopic (exact) mass is 652 g/mol. The average molecular weight is 653 g/mol. The molecule has 0 saturated carbocycles. The molecule has 256 valence electrons. The van der Waals surface area contributed by atoms with E-state index in [9.17, 15) is 14.4 Å². The van der Waals surface area contributed by atoms with Gasteiger partial charge in [0, 0.05) is 55.1 Å². The largest absolute Gasteiger partial charge is 0.399 e. The van der Waals surface area contributed by atoms with Crippen molar-refractivity contribution in [3.63, 3.8) is 0 Å². The molecule has 1 heterocycles. The predicted octanol–water partition coefficient (Wildman–Crippen LogP) is 2.06. The summed E-state index contributed by atoms with van der Waals surface area (Å²) in [5, 5.41) is 16.3. The maximum absolute atomic E-state index is 13.5. The highest BCUT2D eigenvalue weighted by molar-refractivity contribution is 5.96. The highest BCUT2D eigenvalue weighted by atomic mass is 16.5. The zero-order chi connectivity index (χ0) is 34.2. The van der Waals surface area contributed by atoms with Crippen LogP contribution < -0.4 is 33.0 Å². The number of hydrogen-bond acceptors (Lipinski definition) is 10. The SMILES string of the molecule is CCOCCOCCOCCCNC(=O)c1cc(N)cc(-c2cnc(NC(C)C)c(=O)n2CC(=O)NCC2=CCC(C(=N)N)C=C2)c1. The van der Waals surface area contributed by atoms with Gasteiger partial charge in [-0.05, 0) is 57.4 Å². The van der Waals surface area contributed by atoms with E-state index in [1.165, 1.54) is 10.8 Å². The summed E-state index contributed by atoms with van der Waals surface area (Å²) < 4.78 is 17.5. The third-order valence-corrected chi connectivity index (χ3v) is 7.06. The number of nitrogens with zero attached hydrogens (tertiary/aromatic N) is 2. The molecular weight excluding hydrogens is 604 g/mol. The summed E-state index contributed by atoms with van der Waals surface area (Å²) >= 11 is 0. The lowest BCUT2D eigenvalue weighted by molar-refractivity contribution is -0.121.